The van der Waals surface area contributed by atoms with Crippen molar-refractivity contribution in [2.45, 2.75) is 6.54 Å². The van der Waals surface area contributed by atoms with Gasteiger partial charge < -0.3 is 19.5 Å². The lowest BCUT2D eigenvalue weighted by atomic mass is 10.2. The summed E-state index contributed by atoms with van der Waals surface area (Å²) in [6.45, 7) is 0.361. The lowest BCUT2D eigenvalue weighted by molar-refractivity contribution is 0.323. The van der Waals surface area contributed by atoms with Gasteiger partial charge in [0.1, 0.15) is 0 Å². The number of amides is 1. The third-order valence-corrected chi connectivity index (χ3v) is 2.09. The minimum Gasteiger partial charge on any atom is -0.493 e. The molecule has 0 aliphatic heterocycles. The molecule has 5 nitrogen and oxygen atoms in total. The molecule has 87 valence electrons. The first kappa shape index (κ1) is 12.2. The van der Waals surface area contributed by atoms with Crippen molar-refractivity contribution in [3.63, 3.8) is 0 Å². The second-order valence-electron chi connectivity index (χ2n) is 2.99. The molecular weight excluding hydrogens is 210 g/mol. The van der Waals surface area contributed by atoms with E-state index in [1.165, 1.54) is 7.11 Å². The van der Waals surface area contributed by atoms with Crippen molar-refractivity contribution in [2.24, 2.45) is 0 Å². The maximum atomic E-state index is 10.1. The number of benzene rings is 1. The Morgan fingerprint density at radius 1 is 1.12 bits per heavy atom. The Bertz CT molecular complexity index is 340. The molecule has 0 atom stereocenters. The SMILES string of the molecule is COc1cc(CN[C]=O)cc(OC)c1OC. The number of nitrogens with one attached hydrogen (secondary N) is 1. The first-order valence-corrected chi connectivity index (χ1v) is 4.65. The van der Waals surface area contributed by atoms with Crippen LogP contribution in [-0.4, -0.2) is 27.7 Å². The highest BCUT2D eigenvalue weighted by Gasteiger charge is 2.12. The van der Waals surface area contributed by atoms with E-state index in [2.05, 4.69) is 5.32 Å². The highest BCUT2D eigenvalue weighted by Crippen LogP contribution is 2.38. The molecule has 1 radical (unpaired) electrons. The molecule has 0 saturated heterocycles. The first-order chi connectivity index (χ1) is 7.76. The van der Waals surface area contributed by atoms with E-state index in [1.807, 2.05) is 0 Å². The van der Waals surface area contributed by atoms with Crippen molar-refractivity contribution in [2.75, 3.05) is 21.3 Å². The Morgan fingerprint density at radius 3 is 2.06 bits per heavy atom. The molecule has 0 aliphatic carbocycles. The van der Waals surface area contributed by atoms with Crippen molar-refractivity contribution in [3.8, 4) is 17.2 Å². The van der Waals surface area contributed by atoms with Crippen LogP contribution in [0.15, 0.2) is 12.1 Å². The maximum Gasteiger partial charge on any atom is 0.309 e. The Balaban J connectivity index is 3.09. The number of rotatable bonds is 6. The van der Waals surface area contributed by atoms with Gasteiger partial charge in [0.2, 0.25) is 5.75 Å². The Morgan fingerprint density at radius 2 is 1.69 bits per heavy atom. The summed E-state index contributed by atoms with van der Waals surface area (Å²) in [4.78, 5) is 10.1. The van der Waals surface area contributed by atoms with Gasteiger partial charge in [0.15, 0.2) is 11.5 Å². The fraction of sp³-hybridized carbons (Fsp3) is 0.364. The molecule has 0 aromatic heterocycles. The second kappa shape index (κ2) is 5.85. The van der Waals surface area contributed by atoms with Crippen molar-refractivity contribution in [3.05, 3.63) is 17.7 Å². The quantitative estimate of drug-likeness (QED) is 0.728. The number of hydrogen-bond donors (Lipinski definition) is 1. The number of carbonyl (C=O) groups excluding carboxylic acids is 1. The molecule has 0 heterocycles. The first-order valence-electron chi connectivity index (χ1n) is 4.65. The molecule has 16 heavy (non-hydrogen) atoms. The summed E-state index contributed by atoms with van der Waals surface area (Å²) in [5.74, 6) is 1.65. The van der Waals surface area contributed by atoms with Gasteiger partial charge in [-0.05, 0) is 17.7 Å². The molecule has 0 unspecified atom stereocenters. The standard InChI is InChI=1S/C11H14NO4/c1-14-9-4-8(6-12-7-13)5-10(15-2)11(9)16-3/h4-5H,6H2,1-3H3,(H,12,13). The number of ether oxygens (including phenoxy) is 3. The number of methoxy groups -OCH3 is 3. The molecule has 0 spiro atoms. The van der Waals surface area contributed by atoms with E-state index in [-0.39, 0.29) is 0 Å². The maximum absolute atomic E-state index is 10.1. The summed E-state index contributed by atoms with van der Waals surface area (Å²) >= 11 is 0. The van der Waals surface area contributed by atoms with Crippen LogP contribution in [0.2, 0.25) is 0 Å². The van der Waals surface area contributed by atoms with Crippen LogP contribution < -0.4 is 19.5 Å². The van der Waals surface area contributed by atoms with Gasteiger partial charge in [0, 0.05) is 6.54 Å². The summed E-state index contributed by atoms with van der Waals surface area (Å²) in [7, 11) is 4.62. The fourth-order valence-electron chi connectivity index (χ4n) is 1.38. The smallest absolute Gasteiger partial charge is 0.309 e. The van der Waals surface area contributed by atoms with Crippen molar-refractivity contribution < 1.29 is 19.0 Å². The van der Waals surface area contributed by atoms with Gasteiger partial charge in [-0.15, -0.1) is 0 Å². The molecule has 0 aliphatic rings. The summed E-state index contributed by atoms with van der Waals surface area (Å²) < 4.78 is 15.5. The van der Waals surface area contributed by atoms with Gasteiger partial charge in [-0.1, -0.05) is 0 Å². The minimum atomic E-state index is 0.361. The second-order valence-corrected chi connectivity index (χ2v) is 2.99. The van der Waals surface area contributed by atoms with E-state index in [1.54, 1.807) is 32.8 Å². The minimum absolute atomic E-state index is 0.361. The third-order valence-electron chi connectivity index (χ3n) is 2.09. The predicted octanol–water partition coefficient (Wildman–Crippen LogP) is 0.869. The molecule has 1 rings (SSSR count). The Kier molecular flexibility index (Phi) is 4.44. The van der Waals surface area contributed by atoms with E-state index < -0.39 is 0 Å². The van der Waals surface area contributed by atoms with Gasteiger partial charge in [0.05, 0.1) is 21.3 Å². The van der Waals surface area contributed by atoms with Crippen LogP contribution >= 0.6 is 0 Å². The van der Waals surface area contributed by atoms with E-state index >= 15 is 0 Å². The van der Waals surface area contributed by atoms with Crippen LogP contribution in [0.3, 0.4) is 0 Å². The van der Waals surface area contributed by atoms with Gasteiger partial charge in [-0.25, -0.2) is 0 Å². The van der Waals surface area contributed by atoms with Crippen LogP contribution in [-0.2, 0) is 11.3 Å². The zero-order valence-corrected chi connectivity index (χ0v) is 9.49. The zero-order chi connectivity index (χ0) is 12.0. The highest BCUT2D eigenvalue weighted by atomic mass is 16.5. The van der Waals surface area contributed by atoms with Gasteiger partial charge in [-0.2, -0.15) is 0 Å². The molecule has 5 heteroatoms. The van der Waals surface area contributed by atoms with Crippen LogP contribution in [0.1, 0.15) is 5.56 Å². The van der Waals surface area contributed by atoms with Gasteiger partial charge in [-0.3, -0.25) is 4.79 Å². The Hall–Kier alpha value is -1.91. The van der Waals surface area contributed by atoms with E-state index in [0.29, 0.717) is 23.8 Å². The van der Waals surface area contributed by atoms with Crippen molar-refractivity contribution >= 4 is 6.41 Å². The van der Waals surface area contributed by atoms with E-state index in [9.17, 15) is 4.79 Å². The van der Waals surface area contributed by atoms with Crippen molar-refractivity contribution in [1.29, 1.82) is 0 Å². The molecule has 1 amide bonds. The number of hydrogen-bond acceptors (Lipinski definition) is 4. The largest absolute Gasteiger partial charge is 0.493 e. The van der Waals surface area contributed by atoms with E-state index in [0.717, 1.165) is 5.56 Å². The molecule has 1 aromatic rings. The van der Waals surface area contributed by atoms with Gasteiger partial charge in [0.25, 0.3) is 0 Å². The summed E-state index contributed by atoms with van der Waals surface area (Å²) in [5.41, 5.74) is 0.845. The summed E-state index contributed by atoms with van der Waals surface area (Å²) in [5, 5.41) is 2.45. The average molecular weight is 224 g/mol. The molecular formula is C11H14NO4. The molecule has 0 saturated carbocycles. The lowest BCUT2D eigenvalue weighted by Crippen LogP contribution is -2.10. The monoisotopic (exact) mass is 224 g/mol. The van der Waals surface area contributed by atoms with Crippen molar-refractivity contribution in [1.82, 2.24) is 5.32 Å². The lowest BCUT2D eigenvalue weighted by Gasteiger charge is -2.13. The topological polar surface area (TPSA) is 56.8 Å². The van der Waals surface area contributed by atoms with E-state index in [4.69, 9.17) is 14.2 Å². The summed E-state index contributed by atoms with van der Waals surface area (Å²) in [6, 6.07) is 3.54. The molecule has 0 fully saturated rings. The normalized spacial score (nSPS) is 9.44. The average Bonchev–Trinajstić information content (AvgIpc) is 2.34. The molecule has 1 N–H and O–H groups in total. The van der Waals surface area contributed by atoms with Crippen LogP contribution in [0.4, 0.5) is 0 Å². The van der Waals surface area contributed by atoms with Gasteiger partial charge >= 0.3 is 6.41 Å². The fourth-order valence-corrected chi connectivity index (χ4v) is 1.38. The Labute approximate surface area is 94.3 Å². The molecule has 1 aromatic carbocycles. The van der Waals surface area contributed by atoms with Crippen LogP contribution in [0.5, 0.6) is 17.2 Å². The predicted molar refractivity (Wildman–Crippen MR) is 58.6 cm³/mol. The highest BCUT2D eigenvalue weighted by molar-refractivity contribution is 5.54. The van der Waals surface area contributed by atoms with Crippen LogP contribution in [0.25, 0.3) is 0 Å². The third kappa shape index (κ3) is 2.56. The summed E-state index contributed by atoms with van der Waals surface area (Å²) in [6.07, 6.45) is 1.61. The van der Waals surface area contributed by atoms with Crippen LogP contribution in [0, 0.1) is 0 Å². The molecule has 0 bridgehead atoms. The zero-order valence-electron chi connectivity index (χ0n) is 9.49.